The number of ether oxygens (including phenoxy) is 2. The minimum absolute atomic E-state index is 0.179. The molecule has 0 unspecified atom stereocenters. The number of hydrogen-bond donors (Lipinski definition) is 0. The van der Waals surface area contributed by atoms with Crippen LogP contribution in [-0.4, -0.2) is 30.7 Å². The van der Waals surface area contributed by atoms with Crippen molar-refractivity contribution >= 4 is 17.7 Å². The van der Waals surface area contributed by atoms with Gasteiger partial charge in [-0.2, -0.15) is 0 Å². The number of carbonyl (C=O) groups is 1. The van der Waals surface area contributed by atoms with E-state index in [9.17, 15) is 4.79 Å². The Balaban J connectivity index is 1.70. The summed E-state index contributed by atoms with van der Waals surface area (Å²) in [6.07, 6.45) is 0.461. The van der Waals surface area contributed by atoms with Crippen LogP contribution in [0.15, 0.2) is 30.3 Å². The largest absolute Gasteiger partial charge is 0.468 e. The van der Waals surface area contributed by atoms with E-state index in [1.165, 1.54) is 12.7 Å². The molecule has 1 aromatic rings. The number of benzene rings is 1. The van der Waals surface area contributed by atoms with Gasteiger partial charge in [-0.3, -0.25) is 4.79 Å². The van der Waals surface area contributed by atoms with E-state index in [4.69, 9.17) is 4.74 Å². The maximum Gasteiger partial charge on any atom is 0.315 e. The molecule has 0 aromatic heterocycles. The van der Waals surface area contributed by atoms with Crippen LogP contribution in [0.5, 0.6) is 0 Å². The molecule has 2 atom stereocenters. The fraction of sp³-hybridized carbons (Fsp3) is 0.417. The van der Waals surface area contributed by atoms with Crippen LogP contribution >= 0.6 is 11.8 Å². The average molecular weight is 238 g/mol. The van der Waals surface area contributed by atoms with E-state index in [2.05, 4.69) is 16.9 Å². The van der Waals surface area contributed by atoms with Crippen LogP contribution in [0.4, 0.5) is 0 Å². The zero-order valence-electron chi connectivity index (χ0n) is 9.09. The quantitative estimate of drug-likeness (QED) is 0.581. The molecule has 1 heterocycles. The maximum atomic E-state index is 10.9. The van der Waals surface area contributed by atoms with E-state index in [-0.39, 0.29) is 18.2 Å². The van der Waals surface area contributed by atoms with Crippen molar-refractivity contribution in [1.29, 1.82) is 0 Å². The second kappa shape index (κ2) is 5.37. The molecule has 0 spiro atoms. The van der Waals surface area contributed by atoms with Gasteiger partial charge in [-0.1, -0.05) is 30.3 Å². The molecule has 0 radical (unpaired) electrons. The summed E-state index contributed by atoms with van der Waals surface area (Å²) >= 11 is 1.56. The molecule has 0 amide bonds. The smallest absolute Gasteiger partial charge is 0.315 e. The third-order valence-corrected chi connectivity index (χ3v) is 3.44. The summed E-state index contributed by atoms with van der Waals surface area (Å²) in [5, 5.41) is 0. The Morgan fingerprint density at radius 1 is 1.44 bits per heavy atom. The zero-order chi connectivity index (χ0) is 11.4. The first-order valence-corrected chi connectivity index (χ1v) is 6.31. The first-order chi connectivity index (χ1) is 7.81. The number of esters is 1. The van der Waals surface area contributed by atoms with Crippen LogP contribution in [0.25, 0.3) is 0 Å². The van der Waals surface area contributed by atoms with Crippen molar-refractivity contribution in [3.8, 4) is 0 Å². The van der Waals surface area contributed by atoms with Crippen LogP contribution in [0.3, 0.4) is 0 Å². The van der Waals surface area contributed by atoms with Crippen molar-refractivity contribution in [2.45, 2.75) is 12.2 Å². The highest BCUT2D eigenvalue weighted by molar-refractivity contribution is 7.99. The van der Waals surface area contributed by atoms with Gasteiger partial charge in [0.25, 0.3) is 0 Å². The van der Waals surface area contributed by atoms with E-state index in [0.29, 0.717) is 5.75 Å². The first-order valence-electron chi connectivity index (χ1n) is 5.16. The number of methoxy groups -OCH3 is 1. The molecule has 2 rings (SSSR count). The summed E-state index contributed by atoms with van der Waals surface area (Å²) in [5.41, 5.74) is 1.21. The van der Waals surface area contributed by atoms with Gasteiger partial charge in [-0.15, -0.1) is 11.8 Å². The highest BCUT2D eigenvalue weighted by atomic mass is 32.2. The van der Waals surface area contributed by atoms with Gasteiger partial charge >= 0.3 is 5.97 Å². The second-order valence-corrected chi connectivity index (χ2v) is 4.63. The molecule has 4 heteroatoms. The predicted molar refractivity (Wildman–Crippen MR) is 63.4 cm³/mol. The van der Waals surface area contributed by atoms with Crippen molar-refractivity contribution in [2.24, 2.45) is 0 Å². The van der Waals surface area contributed by atoms with Gasteiger partial charge < -0.3 is 9.47 Å². The second-order valence-electron chi connectivity index (χ2n) is 3.60. The molecular formula is C12H14O3S. The monoisotopic (exact) mass is 238 g/mol. The molecule has 0 bridgehead atoms. The first kappa shape index (κ1) is 11.5. The van der Waals surface area contributed by atoms with Crippen LogP contribution < -0.4 is 0 Å². The van der Waals surface area contributed by atoms with Crippen molar-refractivity contribution in [3.05, 3.63) is 35.9 Å². The van der Waals surface area contributed by atoms with E-state index >= 15 is 0 Å². The molecule has 0 aliphatic carbocycles. The molecule has 3 nitrogen and oxygen atoms in total. The number of rotatable bonds is 5. The number of carbonyl (C=O) groups excluding carboxylic acids is 1. The van der Waals surface area contributed by atoms with Gasteiger partial charge in [0.15, 0.2) is 0 Å². The zero-order valence-corrected chi connectivity index (χ0v) is 9.91. The van der Waals surface area contributed by atoms with Crippen molar-refractivity contribution < 1.29 is 14.3 Å². The summed E-state index contributed by atoms with van der Waals surface area (Å²) < 4.78 is 10.1. The predicted octanol–water partition coefficient (Wildman–Crippen LogP) is 2.03. The molecule has 1 aliphatic rings. The average Bonchev–Trinajstić information content (AvgIpc) is 3.09. The Labute approximate surface area is 99.1 Å². The minimum Gasteiger partial charge on any atom is -0.468 e. The van der Waals surface area contributed by atoms with Gasteiger partial charge in [-0.05, 0) is 5.56 Å². The van der Waals surface area contributed by atoms with Gasteiger partial charge in [-0.25, -0.2) is 0 Å². The summed E-state index contributed by atoms with van der Waals surface area (Å²) in [6.45, 7) is 0. The minimum atomic E-state index is -0.179. The number of epoxide rings is 1. The fourth-order valence-electron chi connectivity index (χ4n) is 1.52. The van der Waals surface area contributed by atoms with Crippen molar-refractivity contribution in [1.82, 2.24) is 0 Å². The molecule has 1 aromatic carbocycles. The summed E-state index contributed by atoms with van der Waals surface area (Å²) in [7, 11) is 1.41. The third-order valence-electron chi connectivity index (χ3n) is 2.44. The lowest BCUT2D eigenvalue weighted by Crippen LogP contribution is -2.05. The highest BCUT2D eigenvalue weighted by Gasteiger charge is 2.39. The lowest BCUT2D eigenvalue weighted by atomic mass is 10.1. The van der Waals surface area contributed by atoms with E-state index in [1.807, 2.05) is 18.2 Å². The van der Waals surface area contributed by atoms with Gasteiger partial charge in [0.1, 0.15) is 6.10 Å². The molecule has 16 heavy (non-hydrogen) atoms. The molecule has 1 saturated heterocycles. The molecule has 0 saturated carbocycles. The van der Waals surface area contributed by atoms with Crippen LogP contribution in [0.1, 0.15) is 11.7 Å². The Morgan fingerprint density at radius 2 is 2.19 bits per heavy atom. The lowest BCUT2D eigenvalue weighted by molar-refractivity contribution is -0.137. The highest BCUT2D eigenvalue weighted by Crippen LogP contribution is 2.40. The molecular weight excluding hydrogens is 224 g/mol. The topological polar surface area (TPSA) is 38.8 Å². The molecule has 1 aliphatic heterocycles. The molecule has 0 N–H and O–H groups in total. The van der Waals surface area contributed by atoms with Crippen LogP contribution in [0, 0.1) is 0 Å². The number of thioether (sulfide) groups is 1. The van der Waals surface area contributed by atoms with Crippen LogP contribution in [0.2, 0.25) is 0 Å². The summed E-state index contributed by atoms with van der Waals surface area (Å²) in [5.74, 6) is 1.06. The summed E-state index contributed by atoms with van der Waals surface area (Å²) in [6, 6.07) is 10.1. The Bertz CT molecular complexity index is 353. The SMILES string of the molecule is COC(=O)CSC[C@H]1O[C@H]1c1ccccc1. The normalized spacial score (nSPS) is 22.8. The Kier molecular flexibility index (Phi) is 3.85. The van der Waals surface area contributed by atoms with Gasteiger partial charge in [0.05, 0.1) is 19.0 Å². The molecule has 86 valence electrons. The third kappa shape index (κ3) is 3.00. The number of hydrogen-bond acceptors (Lipinski definition) is 4. The standard InChI is InChI=1S/C12H14O3S/c1-14-11(13)8-16-7-10-12(15-10)9-5-3-2-4-6-9/h2-6,10,12H,7-8H2,1H3/t10-,12+/m1/s1. The van der Waals surface area contributed by atoms with Crippen LogP contribution in [-0.2, 0) is 14.3 Å². The summed E-state index contributed by atoms with van der Waals surface area (Å²) in [4.78, 5) is 10.9. The fourth-order valence-corrected chi connectivity index (χ4v) is 2.41. The Morgan fingerprint density at radius 3 is 2.88 bits per heavy atom. The van der Waals surface area contributed by atoms with Gasteiger partial charge in [0, 0.05) is 5.75 Å². The van der Waals surface area contributed by atoms with E-state index in [1.54, 1.807) is 11.8 Å². The van der Waals surface area contributed by atoms with E-state index < -0.39 is 0 Å². The lowest BCUT2D eigenvalue weighted by Gasteiger charge is -1.97. The maximum absolute atomic E-state index is 10.9. The van der Waals surface area contributed by atoms with Crippen molar-refractivity contribution in [2.75, 3.05) is 18.6 Å². The Hall–Kier alpha value is -1.00. The van der Waals surface area contributed by atoms with E-state index in [0.717, 1.165) is 5.75 Å². The van der Waals surface area contributed by atoms with Crippen molar-refractivity contribution in [3.63, 3.8) is 0 Å². The van der Waals surface area contributed by atoms with Gasteiger partial charge in [0.2, 0.25) is 0 Å². The molecule has 1 fully saturated rings.